The lowest BCUT2D eigenvalue weighted by molar-refractivity contribution is -0.137. The molecule has 0 aromatic carbocycles. The maximum Gasteiger partial charge on any atom is 0.304 e. The normalized spacial score (nSPS) is 12.5. The number of thiazole rings is 1. The van der Waals surface area contributed by atoms with Gasteiger partial charge in [-0.3, -0.25) is 4.79 Å². The number of anilines is 1. The van der Waals surface area contributed by atoms with Gasteiger partial charge in [0.1, 0.15) is 0 Å². The van der Waals surface area contributed by atoms with Crippen LogP contribution >= 0.6 is 11.3 Å². The molecule has 1 aromatic rings. The van der Waals surface area contributed by atoms with E-state index in [-0.39, 0.29) is 12.3 Å². The molecular weight excluding hydrogens is 200 g/mol. The third kappa shape index (κ3) is 2.70. The topological polar surface area (TPSA) is 53.4 Å². The number of carboxylic acids is 1. The average molecular weight is 214 g/mol. The molecule has 0 aliphatic carbocycles. The van der Waals surface area contributed by atoms with Crippen LogP contribution in [0.4, 0.5) is 5.13 Å². The van der Waals surface area contributed by atoms with Crippen molar-refractivity contribution >= 4 is 22.4 Å². The number of hydrogen-bond donors (Lipinski definition) is 1. The third-order valence-corrected chi connectivity index (χ3v) is 2.90. The molecule has 0 saturated carbocycles. The summed E-state index contributed by atoms with van der Waals surface area (Å²) in [6, 6.07) is 0. The third-order valence-electron chi connectivity index (χ3n) is 1.88. The van der Waals surface area contributed by atoms with Crippen LogP contribution in [0.15, 0.2) is 5.38 Å². The molecule has 1 rings (SSSR count). The summed E-state index contributed by atoms with van der Waals surface area (Å²) in [7, 11) is 3.84. The molecule has 78 valence electrons. The van der Waals surface area contributed by atoms with E-state index in [2.05, 4.69) is 4.98 Å². The van der Waals surface area contributed by atoms with E-state index >= 15 is 0 Å². The van der Waals surface area contributed by atoms with Crippen molar-refractivity contribution in [3.8, 4) is 0 Å². The van der Waals surface area contributed by atoms with E-state index in [1.807, 2.05) is 31.3 Å². The second kappa shape index (κ2) is 4.41. The Hall–Kier alpha value is -1.10. The number of aromatic nitrogens is 1. The molecule has 4 nitrogen and oxygen atoms in total. The summed E-state index contributed by atoms with van der Waals surface area (Å²) in [6.07, 6.45) is 0.136. The second-order valence-corrected chi connectivity index (χ2v) is 4.28. The monoisotopic (exact) mass is 214 g/mol. The SMILES string of the molecule is CC(CC(=O)O)c1csc(N(C)C)n1. The zero-order valence-electron chi connectivity index (χ0n) is 8.52. The molecule has 1 N–H and O–H groups in total. The molecule has 1 aromatic heterocycles. The second-order valence-electron chi connectivity index (χ2n) is 3.45. The zero-order valence-corrected chi connectivity index (χ0v) is 9.34. The highest BCUT2D eigenvalue weighted by atomic mass is 32.1. The molecule has 1 heterocycles. The van der Waals surface area contributed by atoms with Crippen LogP contribution in [0, 0.1) is 0 Å². The molecule has 0 amide bonds. The predicted molar refractivity (Wildman–Crippen MR) is 57.1 cm³/mol. The van der Waals surface area contributed by atoms with Crippen molar-refractivity contribution in [3.05, 3.63) is 11.1 Å². The molecule has 0 radical (unpaired) electrons. The van der Waals surface area contributed by atoms with Crippen LogP contribution in [0.3, 0.4) is 0 Å². The smallest absolute Gasteiger partial charge is 0.304 e. The minimum atomic E-state index is -0.781. The maximum absolute atomic E-state index is 10.5. The average Bonchev–Trinajstić information content (AvgIpc) is 2.50. The van der Waals surface area contributed by atoms with Gasteiger partial charge in [-0.15, -0.1) is 11.3 Å². The van der Waals surface area contributed by atoms with E-state index in [0.29, 0.717) is 0 Å². The van der Waals surface area contributed by atoms with Crippen molar-refractivity contribution in [1.82, 2.24) is 4.98 Å². The number of carbonyl (C=O) groups is 1. The van der Waals surface area contributed by atoms with Crippen molar-refractivity contribution in [2.24, 2.45) is 0 Å². The molecule has 14 heavy (non-hydrogen) atoms. The Morgan fingerprint density at radius 2 is 2.36 bits per heavy atom. The summed E-state index contributed by atoms with van der Waals surface area (Å²) >= 11 is 1.53. The lowest BCUT2D eigenvalue weighted by Crippen LogP contribution is -2.09. The van der Waals surface area contributed by atoms with Crippen LogP contribution in [0.5, 0.6) is 0 Å². The van der Waals surface area contributed by atoms with E-state index in [1.54, 1.807) is 0 Å². The van der Waals surface area contributed by atoms with Crippen molar-refractivity contribution in [1.29, 1.82) is 0 Å². The standard InChI is InChI=1S/C9H14N2O2S/c1-6(4-8(12)13)7-5-14-9(10-7)11(2)3/h5-6H,4H2,1-3H3,(H,12,13). The summed E-state index contributed by atoms with van der Waals surface area (Å²) in [5, 5.41) is 11.5. The van der Waals surface area contributed by atoms with Gasteiger partial charge < -0.3 is 10.0 Å². The van der Waals surface area contributed by atoms with Crippen LogP contribution < -0.4 is 4.90 Å². The van der Waals surface area contributed by atoms with E-state index in [1.165, 1.54) is 11.3 Å². The van der Waals surface area contributed by atoms with E-state index in [9.17, 15) is 4.79 Å². The highest BCUT2D eigenvalue weighted by Gasteiger charge is 2.13. The van der Waals surface area contributed by atoms with E-state index in [0.717, 1.165) is 10.8 Å². The van der Waals surface area contributed by atoms with Crippen LogP contribution in [-0.2, 0) is 4.79 Å². The Labute approximate surface area is 87.2 Å². The fourth-order valence-electron chi connectivity index (χ4n) is 1.07. The van der Waals surface area contributed by atoms with Crippen molar-refractivity contribution < 1.29 is 9.90 Å². The highest BCUT2D eigenvalue weighted by molar-refractivity contribution is 7.13. The van der Waals surface area contributed by atoms with Gasteiger partial charge in [-0.2, -0.15) is 0 Å². The molecule has 5 heteroatoms. The summed E-state index contributed by atoms with van der Waals surface area (Å²) in [5.74, 6) is -0.797. The minimum Gasteiger partial charge on any atom is -0.481 e. The maximum atomic E-state index is 10.5. The quantitative estimate of drug-likeness (QED) is 0.830. The number of carboxylic acid groups (broad SMARTS) is 1. The molecule has 0 spiro atoms. The largest absolute Gasteiger partial charge is 0.481 e. The van der Waals surface area contributed by atoms with Crippen LogP contribution in [0.1, 0.15) is 25.0 Å². The molecule has 0 fully saturated rings. The van der Waals surface area contributed by atoms with Gasteiger partial charge in [-0.1, -0.05) is 6.92 Å². The first-order chi connectivity index (χ1) is 6.50. The van der Waals surface area contributed by atoms with Gasteiger partial charge in [0.2, 0.25) is 0 Å². The fourth-order valence-corrected chi connectivity index (χ4v) is 1.95. The predicted octanol–water partition coefficient (Wildman–Crippen LogP) is 1.79. The van der Waals surface area contributed by atoms with Gasteiger partial charge in [0, 0.05) is 25.4 Å². The summed E-state index contributed by atoms with van der Waals surface area (Å²) < 4.78 is 0. The fraction of sp³-hybridized carbons (Fsp3) is 0.556. The molecule has 1 atom stereocenters. The van der Waals surface area contributed by atoms with Crippen LogP contribution in [0.25, 0.3) is 0 Å². The Morgan fingerprint density at radius 1 is 1.71 bits per heavy atom. The molecule has 0 bridgehead atoms. The first-order valence-electron chi connectivity index (χ1n) is 4.35. The van der Waals surface area contributed by atoms with Crippen LogP contribution in [-0.4, -0.2) is 30.2 Å². The van der Waals surface area contributed by atoms with Crippen LogP contribution in [0.2, 0.25) is 0 Å². The number of hydrogen-bond acceptors (Lipinski definition) is 4. The zero-order chi connectivity index (χ0) is 10.7. The Bertz CT molecular complexity index is 322. The Balaban J connectivity index is 2.71. The van der Waals surface area contributed by atoms with Gasteiger partial charge in [-0.05, 0) is 0 Å². The highest BCUT2D eigenvalue weighted by Crippen LogP contribution is 2.25. The van der Waals surface area contributed by atoms with Gasteiger partial charge >= 0.3 is 5.97 Å². The first-order valence-corrected chi connectivity index (χ1v) is 5.23. The summed E-state index contributed by atoms with van der Waals surface area (Å²) in [4.78, 5) is 16.8. The minimum absolute atomic E-state index is 0.0163. The lowest BCUT2D eigenvalue weighted by Gasteiger charge is -2.07. The summed E-state index contributed by atoms with van der Waals surface area (Å²) in [5.41, 5.74) is 0.862. The Morgan fingerprint density at radius 3 is 2.79 bits per heavy atom. The molecular formula is C9H14N2O2S. The van der Waals surface area contributed by atoms with Gasteiger partial charge in [0.05, 0.1) is 12.1 Å². The molecule has 0 aliphatic heterocycles. The summed E-state index contributed by atoms with van der Waals surface area (Å²) in [6.45, 7) is 1.88. The van der Waals surface area contributed by atoms with Gasteiger partial charge in [0.15, 0.2) is 5.13 Å². The van der Waals surface area contributed by atoms with Gasteiger partial charge in [-0.25, -0.2) is 4.98 Å². The lowest BCUT2D eigenvalue weighted by atomic mass is 10.1. The van der Waals surface area contributed by atoms with Crippen molar-refractivity contribution in [2.75, 3.05) is 19.0 Å². The van der Waals surface area contributed by atoms with Gasteiger partial charge in [0.25, 0.3) is 0 Å². The molecule has 0 saturated heterocycles. The Kier molecular flexibility index (Phi) is 3.46. The molecule has 1 unspecified atom stereocenters. The molecule has 0 aliphatic rings. The number of rotatable bonds is 4. The van der Waals surface area contributed by atoms with E-state index in [4.69, 9.17) is 5.11 Å². The van der Waals surface area contributed by atoms with E-state index < -0.39 is 5.97 Å². The van der Waals surface area contributed by atoms with Crippen molar-refractivity contribution in [2.45, 2.75) is 19.3 Å². The number of aliphatic carboxylic acids is 1. The number of nitrogens with zero attached hydrogens (tertiary/aromatic N) is 2. The first kappa shape index (κ1) is 11.0. The van der Waals surface area contributed by atoms with Crippen molar-refractivity contribution in [3.63, 3.8) is 0 Å².